The number of H-pyrrole nitrogens is 1. The highest BCUT2D eigenvalue weighted by atomic mass is 16.5. The smallest absolute Gasteiger partial charge is 0.289 e. The molecule has 0 amide bonds. The summed E-state index contributed by atoms with van der Waals surface area (Å²) in [6, 6.07) is 10.1. The van der Waals surface area contributed by atoms with E-state index in [4.69, 9.17) is 10.5 Å². The van der Waals surface area contributed by atoms with Gasteiger partial charge in [0.25, 0.3) is 5.82 Å². The van der Waals surface area contributed by atoms with Crippen LogP contribution in [0.3, 0.4) is 0 Å². The Morgan fingerprint density at radius 2 is 2.05 bits per heavy atom. The molecule has 0 atom stereocenters. The molecule has 0 fully saturated rings. The molecule has 0 spiro atoms. The Hall–Kier alpha value is -2.54. The molecule has 112 valence electrons. The van der Waals surface area contributed by atoms with Crippen LogP contribution in [0.2, 0.25) is 0 Å². The molecule has 3 rings (SSSR count). The van der Waals surface area contributed by atoms with E-state index in [9.17, 15) is 5.26 Å². The summed E-state index contributed by atoms with van der Waals surface area (Å²) in [5.41, 5.74) is 11.0. The topological polar surface area (TPSA) is 73.2 Å². The molecule has 1 heterocycles. The van der Waals surface area contributed by atoms with E-state index in [-0.39, 0.29) is 0 Å². The number of aromatic amines is 1. The minimum absolute atomic E-state index is 0.459. The number of anilines is 1. The zero-order valence-corrected chi connectivity index (χ0v) is 12.8. The average Bonchev–Trinajstić information content (AvgIpc) is 2.78. The number of benzene rings is 1. The summed E-state index contributed by atoms with van der Waals surface area (Å²) in [5.74, 6) is 1.25. The molecule has 2 aromatic rings. The zero-order valence-electron chi connectivity index (χ0n) is 12.8. The molecule has 4 heteroatoms. The highest BCUT2D eigenvalue weighted by Crippen LogP contribution is 2.35. The van der Waals surface area contributed by atoms with Gasteiger partial charge in [-0.05, 0) is 37.0 Å². The van der Waals surface area contributed by atoms with E-state index in [0.29, 0.717) is 11.4 Å². The molecule has 0 bridgehead atoms. The summed E-state index contributed by atoms with van der Waals surface area (Å²) in [6.45, 7) is 0. The fourth-order valence-corrected chi connectivity index (χ4v) is 3.22. The first kappa shape index (κ1) is 14.4. The number of aromatic nitrogens is 1. The monoisotopic (exact) mass is 294 g/mol. The third-order valence-corrected chi connectivity index (χ3v) is 4.29. The fraction of sp³-hybridized carbons (Fsp3) is 0.333. The lowest BCUT2D eigenvalue weighted by Crippen LogP contribution is -2.21. The highest BCUT2D eigenvalue weighted by Gasteiger charge is 2.24. The Morgan fingerprint density at radius 1 is 1.23 bits per heavy atom. The van der Waals surface area contributed by atoms with Crippen molar-refractivity contribution >= 4 is 5.82 Å². The quantitative estimate of drug-likeness (QED) is 0.865. The SMILES string of the molecule is COc1cccc(-c2c(C#N)c(N)[nH+]c3c2CCCCC3)c1. The molecule has 0 aliphatic heterocycles. The standard InChI is InChI=1S/C18H19N3O/c1-22-13-7-5-6-12(10-13)17-14-8-3-2-4-9-16(14)21-18(20)15(17)11-19/h5-7,10H,2-4,8-9H2,1H3,(H2,20,21)/p+1. The predicted octanol–water partition coefficient (Wildman–Crippen LogP) is 2.90. The summed E-state index contributed by atoms with van der Waals surface area (Å²) in [7, 11) is 1.65. The van der Waals surface area contributed by atoms with Gasteiger partial charge in [0, 0.05) is 17.5 Å². The first-order chi connectivity index (χ1) is 10.7. The number of ether oxygens (including phenoxy) is 1. The second-order valence-electron chi connectivity index (χ2n) is 5.65. The van der Waals surface area contributed by atoms with Crippen LogP contribution in [0.5, 0.6) is 5.75 Å². The Kier molecular flexibility index (Phi) is 3.97. The van der Waals surface area contributed by atoms with Gasteiger partial charge in [-0.2, -0.15) is 5.26 Å². The number of hydrogen-bond acceptors (Lipinski definition) is 3. The van der Waals surface area contributed by atoms with E-state index in [0.717, 1.165) is 42.6 Å². The number of nitrogens with two attached hydrogens (primary N) is 1. The van der Waals surface area contributed by atoms with E-state index in [1.165, 1.54) is 17.7 Å². The molecule has 1 aliphatic carbocycles. The van der Waals surface area contributed by atoms with Crippen LogP contribution in [0, 0.1) is 11.3 Å². The van der Waals surface area contributed by atoms with Gasteiger partial charge in [0.2, 0.25) is 0 Å². The predicted molar refractivity (Wildman–Crippen MR) is 85.4 cm³/mol. The number of aryl methyl sites for hydroxylation is 1. The number of fused-ring (bicyclic) bond motifs is 1. The van der Waals surface area contributed by atoms with Crippen molar-refractivity contribution in [1.29, 1.82) is 5.26 Å². The summed E-state index contributed by atoms with van der Waals surface area (Å²) < 4.78 is 5.33. The van der Waals surface area contributed by atoms with E-state index >= 15 is 0 Å². The van der Waals surface area contributed by atoms with Crippen LogP contribution in [0.15, 0.2) is 24.3 Å². The van der Waals surface area contributed by atoms with E-state index in [1.54, 1.807) is 7.11 Å². The van der Waals surface area contributed by atoms with Crippen molar-refractivity contribution in [2.24, 2.45) is 0 Å². The number of nitrogens with zero attached hydrogens (tertiary/aromatic N) is 1. The zero-order chi connectivity index (χ0) is 15.5. The van der Waals surface area contributed by atoms with Gasteiger partial charge >= 0.3 is 0 Å². The maximum atomic E-state index is 9.58. The minimum Gasteiger partial charge on any atom is -0.497 e. The largest absolute Gasteiger partial charge is 0.497 e. The summed E-state index contributed by atoms with van der Waals surface area (Å²) in [6.07, 6.45) is 5.48. The molecular formula is C18H20N3O+. The second kappa shape index (κ2) is 6.07. The van der Waals surface area contributed by atoms with Crippen LogP contribution in [0.1, 0.15) is 36.1 Å². The molecule has 0 radical (unpaired) electrons. The number of nitrogens with one attached hydrogen (secondary N) is 1. The maximum absolute atomic E-state index is 9.58. The third kappa shape index (κ3) is 2.50. The molecule has 3 N–H and O–H groups in total. The van der Waals surface area contributed by atoms with Crippen molar-refractivity contribution in [2.45, 2.75) is 32.1 Å². The van der Waals surface area contributed by atoms with Crippen molar-refractivity contribution in [3.8, 4) is 22.9 Å². The molecular weight excluding hydrogens is 274 g/mol. The molecule has 0 saturated carbocycles. The molecule has 1 aliphatic rings. The number of pyridine rings is 1. The lowest BCUT2D eigenvalue weighted by Gasteiger charge is -2.14. The maximum Gasteiger partial charge on any atom is 0.289 e. The Balaban J connectivity index is 2.28. The van der Waals surface area contributed by atoms with Crippen LogP contribution in [-0.2, 0) is 12.8 Å². The van der Waals surface area contributed by atoms with E-state index in [1.807, 2.05) is 24.3 Å². The normalized spacial score (nSPS) is 13.8. The molecule has 1 aromatic carbocycles. The number of nitrogen functional groups attached to an aromatic ring is 1. The molecule has 1 aromatic heterocycles. The van der Waals surface area contributed by atoms with Crippen LogP contribution in [0.25, 0.3) is 11.1 Å². The van der Waals surface area contributed by atoms with Crippen molar-refractivity contribution in [3.05, 3.63) is 41.1 Å². The lowest BCUT2D eigenvalue weighted by atomic mass is 9.91. The Morgan fingerprint density at radius 3 is 2.82 bits per heavy atom. The van der Waals surface area contributed by atoms with Gasteiger partial charge in [-0.1, -0.05) is 18.6 Å². The third-order valence-electron chi connectivity index (χ3n) is 4.29. The first-order valence-corrected chi connectivity index (χ1v) is 7.65. The minimum atomic E-state index is 0.459. The van der Waals surface area contributed by atoms with Crippen molar-refractivity contribution in [1.82, 2.24) is 0 Å². The van der Waals surface area contributed by atoms with Crippen LogP contribution < -0.4 is 15.5 Å². The lowest BCUT2D eigenvalue weighted by molar-refractivity contribution is -0.373. The summed E-state index contributed by atoms with van der Waals surface area (Å²) in [4.78, 5) is 3.25. The van der Waals surface area contributed by atoms with Gasteiger partial charge in [0.05, 0.1) is 7.11 Å². The Labute approximate surface area is 130 Å². The van der Waals surface area contributed by atoms with Crippen LogP contribution in [0.4, 0.5) is 5.82 Å². The number of hydrogen-bond donors (Lipinski definition) is 1. The average molecular weight is 294 g/mol. The molecule has 0 unspecified atom stereocenters. The fourth-order valence-electron chi connectivity index (χ4n) is 3.22. The highest BCUT2D eigenvalue weighted by molar-refractivity contribution is 5.78. The summed E-state index contributed by atoms with van der Waals surface area (Å²) in [5, 5.41) is 9.58. The number of methoxy groups -OCH3 is 1. The summed E-state index contributed by atoms with van der Waals surface area (Å²) >= 11 is 0. The van der Waals surface area contributed by atoms with Crippen molar-refractivity contribution < 1.29 is 9.72 Å². The first-order valence-electron chi connectivity index (χ1n) is 7.65. The van der Waals surface area contributed by atoms with Gasteiger partial charge in [-0.25, -0.2) is 4.98 Å². The second-order valence-corrected chi connectivity index (χ2v) is 5.65. The van der Waals surface area contributed by atoms with Crippen LogP contribution >= 0.6 is 0 Å². The van der Waals surface area contributed by atoms with Gasteiger partial charge in [0.15, 0.2) is 0 Å². The van der Waals surface area contributed by atoms with Gasteiger partial charge < -0.3 is 4.74 Å². The number of nitriles is 1. The Bertz CT molecular complexity index is 747. The van der Waals surface area contributed by atoms with Gasteiger partial charge in [0.1, 0.15) is 23.1 Å². The number of rotatable bonds is 2. The van der Waals surface area contributed by atoms with E-state index < -0.39 is 0 Å². The van der Waals surface area contributed by atoms with E-state index in [2.05, 4.69) is 11.1 Å². The van der Waals surface area contributed by atoms with Crippen molar-refractivity contribution in [2.75, 3.05) is 12.8 Å². The molecule has 22 heavy (non-hydrogen) atoms. The molecule has 4 nitrogen and oxygen atoms in total. The molecule has 0 saturated heterocycles. The van der Waals surface area contributed by atoms with Crippen LogP contribution in [-0.4, -0.2) is 7.11 Å². The van der Waals surface area contributed by atoms with Crippen molar-refractivity contribution in [3.63, 3.8) is 0 Å². The van der Waals surface area contributed by atoms with Gasteiger partial charge in [-0.15, -0.1) is 0 Å². The van der Waals surface area contributed by atoms with Gasteiger partial charge in [-0.3, -0.25) is 5.73 Å².